The van der Waals surface area contributed by atoms with Crippen molar-refractivity contribution in [3.05, 3.63) is 35.7 Å². The third-order valence-corrected chi connectivity index (χ3v) is 6.23. The molecule has 0 spiro atoms. The number of terminal acetylenes is 1. The Balaban J connectivity index is 1.75. The summed E-state index contributed by atoms with van der Waals surface area (Å²) in [6.07, 6.45) is 2.09. The van der Waals surface area contributed by atoms with Gasteiger partial charge in [0.05, 0.1) is 5.75 Å². The number of sulfonamides is 1. The van der Waals surface area contributed by atoms with Crippen LogP contribution in [-0.2, 0) is 27.5 Å². The normalized spacial score (nSPS) is 15.2. The molecule has 1 atom stereocenters. The summed E-state index contributed by atoms with van der Waals surface area (Å²) >= 11 is 0. The highest BCUT2D eigenvalue weighted by atomic mass is 32.2. The van der Waals surface area contributed by atoms with Crippen molar-refractivity contribution < 1.29 is 30.9 Å². The van der Waals surface area contributed by atoms with Crippen LogP contribution in [0.3, 0.4) is 0 Å². The molecule has 1 heterocycles. The fraction of sp³-hybridized carbons (Fsp3) is 0.450. The van der Waals surface area contributed by atoms with Crippen LogP contribution in [0, 0.1) is 12.3 Å². The van der Waals surface area contributed by atoms with Crippen LogP contribution < -0.4 is 4.72 Å². The summed E-state index contributed by atoms with van der Waals surface area (Å²) in [6.45, 7) is 1.65. The highest BCUT2D eigenvalue weighted by Crippen LogP contribution is 2.31. The van der Waals surface area contributed by atoms with Gasteiger partial charge in [0, 0.05) is 24.6 Å². The van der Waals surface area contributed by atoms with Crippen molar-refractivity contribution in [2.45, 2.75) is 51.0 Å². The van der Waals surface area contributed by atoms with E-state index in [1.807, 2.05) is 0 Å². The zero-order valence-electron chi connectivity index (χ0n) is 17.1. The molecule has 32 heavy (non-hydrogen) atoms. The zero-order valence-corrected chi connectivity index (χ0v) is 17.9. The second kappa shape index (κ2) is 9.30. The van der Waals surface area contributed by atoms with Gasteiger partial charge in [-0.3, -0.25) is 4.79 Å². The Kier molecular flexibility index (Phi) is 6.90. The fourth-order valence-electron chi connectivity index (χ4n) is 2.98. The smallest absolute Gasteiger partial charge is 0.334 e. The molecule has 8 nitrogen and oxygen atoms in total. The maximum absolute atomic E-state index is 13.1. The number of halogens is 3. The van der Waals surface area contributed by atoms with E-state index in [4.69, 9.17) is 6.42 Å². The molecule has 0 saturated heterocycles. The lowest BCUT2D eigenvalue weighted by Crippen LogP contribution is -2.49. The molecule has 1 aliphatic carbocycles. The maximum Gasteiger partial charge on any atom is 0.471 e. The first-order valence-electron chi connectivity index (χ1n) is 9.78. The lowest BCUT2D eigenvalue weighted by Gasteiger charge is -2.27. The molecule has 3 rings (SSSR count). The van der Waals surface area contributed by atoms with Crippen molar-refractivity contribution in [1.29, 1.82) is 0 Å². The van der Waals surface area contributed by atoms with Crippen molar-refractivity contribution in [2.75, 3.05) is 5.75 Å². The third kappa shape index (κ3) is 5.86. The lowest BCUT2D eigenvalue weighted by molar-refractivity contribution is -0.159. The molecule has 1 unspecified atom stereocenters. The van der Waals surface area contributed by atoms with Crippen LogP contribution in [0.25, 0.3) is 11.4 Å². The Morgan fingerprint density at radius 1 is 1.34 bits per heavy atom. The van der Waals surface area contributed by atoms with Gasteiger partial charge >= 0.3 is 12.1 Å². The first-order valence-corrected chi connectivity index (χ1v) is 11.4. The van der Waals surface area contributed by atoms with E-state index in [0.29, 0.717) is 11.1 Å². The minimum Gasteiger partial charge on any atom is -0.334 e. The topological polar surface area (TPSA) is 105 Å². The van der Waals surface area contributed by atoms with Crippen molar-refractivity contribution in [3.8, 4) is 23.7 Å². The molecule has 0 bridgehead atoms. The van der Waals surface area contributed by atoms with Gasteiger partial charge in [-0.25, -0.2) is 13.1 Å². The van der Waals surface area contributed by atoms with Crippen LogP contribution in [0.5, 0.6) is 0 Å². The first-order chi connectivity index (χ1) is 15.0. The Bertz CT molecular complexity index is 1100. The summed E-state index contributed by atoms with van der Waals surface area (Å²) in [4.78, 5) is 18.0. The second-order valence-corrected chi connectivity index (χ2v) is 9.34. The number of amides is 1. The van der Waals surface area contributed by atoms with Gasteiger partial charge in [-0.1, -0.05) is 29.4 Å². The van der Waals surface area contributed by atoms with E-state index in [-0.39, 0.29) is 30.6 Å². The van der Waals surface area contributed by atoms with E-state index in [0.717, 1.165) is 12.8 Å². The molecule has 172 valence electrons. The van der Waals surface area contributed by atoms with Crippen molar-refractivity contribution in [1.82, 2.24) is 19.8 Å². The number of carbonyl (C=O) groups is 1. The Hall–Kier alpha value is -2.91. The number of hydrogen-bond donors (Lipinski definition) is 1. The van der Waals surface area contributed by atoms with Gasteiger partial charge in [-0.2, -0.15) is 18.2 Å². The van der Waals surface area contributed by atoms with Crippen LogP contribution >= 0.6 is 0 Å². The van der Waals surface area contributed by atoms with Gasteiger partial charge in [-0.15, -0.1) is 12.3 Å². The molecule has 0 aliphatic heterocycles. The van der Waals surface area contributed by atoms with Crippen molar-refractivity contribution in [2.24, 2.45) is 0 Å². The van der Waals surface area contributed by atoms with Gasteiger partial charge in [0.15, 0.2) is 0 Å². The number of aromatic nitrogens is 2. The summed E-state index contributed by atoms with van der Waals surface area (Å²) in [5, 5.41) is 3.34. The molecule has 1 aliphatic rings. The van der Waals surface area contributed by atoms with E-state index < -0.39 is 34.0 Å². The molecular weight excluding hydrogens is 449 g/mol. The number of nitrogens with zero attached hydrogens (tertiary/aromatic N) is 3. The van der Waals surface area contributed by atoms with Crippen LogP contribution in [0.4, 0.5) is 13.2 Å². The fourth-order valence-corrected chi connectivity index (χ4v) is 3.77. The Morgan fingerprint density at radius 2 is 2.00 bits per heavy atom. The minimum atomic E-state index is -4.73. The van der Waals surface area contributed by atoms with Gasteiger partial charge in [0.25, 0.3) is 0 Å². The van der Waals surface area contributed by atoms with E-state index in [2.05, 4.69) is 25.3 Å². The Labute approximate surface area is 183 Å². The van der Waals surface area contributed by atoms with Gasteiger partial charge in [0.1, 0.15) is 6.04 Å². The Morgan fingerprint density at radius 3 is 2.50 bits per heavy atom. The highest BCUT2D eigenvalue weighted by Gasteiger charge is 2.39. The van der Waals surface area contributed by atoms with E-state index in [9.17, 15) is 26.4 Å². The first kappa shape index (κ1) is 23.7. The molecule has 1 saturated carbocycles. The molecule has 2 aromatic rings. The highest BCUT2D eigenvalue weighted by molar-refractivity contribution is 7.89. The van der Waals surface area contributed by atoms with Crippen LogP contribution in [0.1, 0.15) is 37.6 Å². The molecule has 1 N–H and O–H groups in total. The van der Waals surface area contributed by atoms with E-state index in [1.54, 1.807) is 17.0 Å². The number of rotatable bonds is 9. The standard InChI is InChI=1S/C20H21F3N4O4S/c1-3-5-16(26-32(29,30)4-2)18(28)27(15-10-11-15)12-13-6-8-14(9-7-13)17-24-19(31-25-17)20(21,22)23/h1,6-9,15-16,26H,4-5,10-12H2,2H3. The van der Waals surface area contributed by atoms with Crippen molar-refractivity contribution in [3.63, 3.8) is 0 Å². The summed E-state index contributed by atoms with van der Waals surface area (Å²) in [6, 6.07) is 5.22. The van der Waals surface area contributed by atoms with Crippen molar-refractivity contribution >= 4 is 15.9 Å². The number of nitrogens with one attached hydrogen (secondary N) is 1. The minimum absolute atomic E-state index is 0.0277. The SMILES string of the molecule is C#CCC(NS(=O)(=O)CC)C(=O)N(Cc1ccc(-c2noc(C(F)(F)F)n2)cc1)C1CC1. The largest absolute Gasteiger partial charge is 0.471 e. The summed E-state index contributed by atoms with van der Waals surface area (Å²) in [5.74, 6) is 0.0946. The molecule has 1 fully saturated rings. The summed E-state index contributed by atoms with van der Waals surface area (Å²) < 4.78 is 68.4. The average Bonchev–Trinajstić information content (AvgIpc) is 3.45. The van der Waals surface area contributed by atoms with Crippen LogP contribution in [0.15, 0.2) is 28.8 Å². The maximum atomic E-state index is 13.1. The number of hydrogen-bond acceptors (Lipinski definition) is 6. The molecule has 1 aromatic heterocycles. The van der Waals surface area contributed by atoms with Gasteiger partial charge in [0.2, 0.25) is 21.8 Å². The van der Waals surface area contributed by atoms with E-state index in [1.165, 1.54) is 19.1 Å². The molecule has 0 radical (unpaired) electrons. The average molecular weight is 470 g/mol. The van der Waals surface area contributed by atoms with E-state index >= 15 is 0 Å². The van der Waals surface area contributed by atoms with Crippen LogP contribution in [-0.4, -0.2) is 47.2 Å². The molecule has 1 aromatic carbocycles. The summed E-state index contributed by atoms with van der Waals surface area (Å²) in [5.41, 5.74) is 1.02. The summed E-state index contributed by atoms with van der Waals surface area (Å²) in [7, 11) is -3.64. The monoisotopic (exact) mass is 470 g/mol. The molecular formula is C20H21F3N4O4S. The van der Waals surface area contributed by atoms with Gasteiger partial charge in [-0.05, 0) is 25.3 Å². The predicted molar refractivity (Wildman–Crippen MR) is 108 cm³/mol. The number of carbonyl (C=O) groups excluding carboxylic acids is 1. The predicted octanol–water partition coefficient (Wildman–Crippen LogP) is 2.58. The number of alkyl halides is 3. The second-order valence-electron chi connectivity index (χ2n) is 7.30. The number of benzene rings is 1. The third-order valence-electron chi connectivity index (χ3n) is 4.83. The zero-order chi connectivity index (χ0) is 23.5. The lowest BCUT2D eigenvalue weighted by atomic mass is 10.1. The van der Waals surface area contributed by atoms with Gasteiger partial charge < -0.3 is 9.42 Å². The van der Waals surface area contributed by atoms with Crippen LogP contribution in [0.2, 0.25) is 0 Å². The molecule has 1 amide bonds. The molecule has 12 heteroatoms. The quantitative estimate of drug-likeness (QED) is 0.565.